The van der Waals surface area contributed by atoms with Crippen molar-refractivity contribution < 1.29 is 9.53 Å². The summed E-state index contributed by atoms with van der Waals surface area (Å²) in [6.07, 6.45) is 7.44. The zero-order valence-electron chi connectivity index (χ0n) is 12.7. The minimum absolute atomic E-state index is 0.146. The van der Waals surface area contributed by atoms with E-state index in [0.29, 0.717) is 22.3 Å². The Morgan fingerprint density at radius 2 is 2.18 bits per heavy atom. The van der Waals surface area contributed by atoms with E-state index in [9.17, 15) is 4.79 Å². The molecule has 0 aromatic heterocycles. The molecule has 3 nitrogen and oxygen atoms in total. The van der Waals surface area contributed by atoms with Crippen molar-refractivity contribution in [3.8, 4) is 5.75 Å². The summed E-state index contributed by atoms with van der Waals surface area (Å²) in [5, 5.41) is 3.87. The van der Waals surface area contributed by atoms with Crippen LogP contribution in [0, 0.1) is 0 Å². The first-order valence-electron chi connectivity index (χ1n) is 7.63. The van der Waals surface area contributed by atoms with Crippen LogP contribution in [0.5, 0.6) is 5.75 Å². The second-order valence-corrected chi connectivity index (χ2v) is 6.33. The number of halogens is 2. The highest BCUT2D eigenvalue weighted by Gasteiger charge is 2.16. The summed E-state index contributed by atoms with van der Waals surface area (Å²) < 4.78 is 5.59. The minimum Gasteiger partial charge on any atom is -0.479 e. The van der Waals surface area contributed by atoms with E-state index in [0.717, 1.165) is 19.3 Å². The van der Waals surface area contributed by atoms with Crippen LogP contribution < -0.4 is 10.1 Å². The molecule has 0 radical (unpaired) electrons. The number of hydrogen-bond donors (Lipinski definition) is 1. The molecule has 5 heteroatoms. The van der Waals surface area contributed by atoms with E-state index in [4.69, 9.17) is 27.9 Å². The van der Waals surface area contributed by atoms with Gasteiger partial charge >= 0.3 is 0 Å². The Morgan fingerprint density at radius 3 is 2.91 bits per heavy atom. The van der Waals surface area contributed by atoms with E-state index in [1.54, 1.807) is 25.1 Å². The fourth-order valence-electron chi connectivity index (χ4n) is 2.43. The van der Waals surface area contributed by atoms with Crippen LogP contribution >= 0.6 is 23.2 Å². The van der Waals surface area contributed by atoms with Crippen molar-refractivity contribution in [2.75, 3.05) is 6.54 Å². The fourth-order valence-corrected chi connectivity index (χ4v) is 2.76. The smallest absolute Gasteiger partial charge is 0.260 e. The number of hydrogen-bond acceptors (Lipinski definition) is 2. The van der Waals surface area contributed by atoms with Gasteiger partial charge in [0.05, 0.1) is 5.02 Å². The molecule has 1 aromatic carbocycles. The Labute approximate surface area is 141 Å². The van der Waals surface area contributed by atoms with E-state index < -0.39 is 6.10 Å². The topological polar surface area (TPSA) is 38.3 Å². The molecule has 0 bridgehead atoms. The molecule has 0 saturated carbocycles. The van der Waals surface area contributed by atoms with E-state index in [1.807, 2.05) is 0 Å². The molecule has 1 aromatic rings. The van der Waals surface area contributed by atoms with Gasteiger partial charge in [-0.3, -0.25) is 4.79 Å². The molecule has 0 unspecified atom stereocenters. The third-order valence-corrected chi connectivity index (χ3v) is 4.24. The maximum absolute atomic E-state index is 12.1. The van der Waals surface area contributed by atoms with Crippen molar-refractivity contribution in [2.45, 2.75) is 45.1 Å². The van der Waals surface area contributed by atoms with Crippen molar-refractivity contribution in [3.63, 3.8) is 0 Å². The van der Waals surface area contributed by atoms with Gasteiger partial charge in [0, 0.05) is 17.6 Å². The first-order valence-corrected chi connectivity index (χ1v) is 8.39. The van der Waals surface area contributed by atoms with Crippen LogP contribution in [0.15, 0.2) is 29.8 Å². The molecular formula is C17H21Cl2NO2. The lowest BCUT2D eigenvalue weighted by atomic mass is 9.97. The summed E-state index contributed by atoms with van der Waals surface area (Å²) >= 11 is 11.9. The van der Waals surface area contributed by atoms with E-state index in [2.05, 4.69) is 11.4 Å². The minimum atomic E-state index is -0.615. The molecule has 1 amide bonds. The van der Waals surface area contributed by atoms with E-state index in [1.165, 1.54) is 18.4 Å². The number of nitrogens with one attached hydrogen (secondary N) is 1. The number of rotatable bonds is 6. The van der Waals surface area contributed by atoms with Crippen LogP contribution in [0.4, 0.5) is 0 Å². The number of benzene rings is 1. The summed E-state index contributed by atoms with van der Waals surface area (Å²) in [6, 6.07) is 4.94. The molecule has 0 spiro atoms. The van der Waals surface area contributed by atoms with Gasteiger partial charge in [-0.25, -0.2) is 0 Å². The molecule has 1 aliphatic carbocycles. The molecule has 0 heterocycles. The molecule has 2 rings (SSSR count). The average molecular weight is 342 g/mol. The van der Waals surface area contributed by atoms with Gasteiger partial charge in [-0.1, -0.05) is 34.9 Å². The van der Waals surface area contributed by atoms with Gasteiger partial charge in [0.25, 0.3) is 5.91 Å². The van der Waals surface area contributed by atoms with Crippen molar-refractivity contribution in [3.05, 3.63) is 39.9 Å². The second kappa shape index (κ2) is 8.44. The molecule has 120 valence electrons. The van der Waals surface area contributed by atoms with Gasteiger partial charge in [-0.15, -0.1) is 0 Å². The summed E-state index contributed by atoms with van der Waals surface area (Å²) in [5.74, 6) is 0.277. The maximum Gasteiger partial charge on any atom is 0.260 e. The lowest BCUT2D eigenvalue weighted by Crippen LogP contribution is -2.37. The largest absolute Gasteiger partial charge is 0.479 e. The first-order chi connectivity index (χ1) is 10.6. The summed E-state index contributed by atoms with van der Waals surface area (Å²) in [4.78, 5) is 12.1. The van der Waals surface area contributed by atoms with Gasteiger partial charge in [0.2, 0.25) is 0 Å². The van der Waals surface area contributed by atoms with Crippen molar-refractivity contribution >= 4 is 29.1 Å². The normalized spacial score (nSPS) is 15.9. The maximum atomic E-state index is 12.1. The monoisotopic (exact) mass is 341 g/mol. The predicted octanol–water partition coefficient (Wildman–Crippen LogP) is 4.77. The third-order valence-electron chi connectivity index (χ3n) is 3.70. The highest BCUT2D eigenvalue weighted by atomic mass is 35.5. The number of amides is 1. The predicted molar refractivity (Wildman–Crippen MR) is 90.7 cm³/mol. The SMILES string of the molecule is C[C@@H](Oc1cc(Cl)ccc1Cl)C(=O)NCCC1=CCCCC1. The highest BCUT2D eigenvalue weighted by Crippen LogP contribution is 2.28. The van der Waals surface area contributed by atoms with E-state index >= 15 is 0 Å². The number of allylic oxidation sites excluding steroid dienone is 1. The standard InChI is InChI=1S/C17H21Cl2NO2/c1-12(22-16-11-14(18)7-8-15(16)19)17(21)20-10-9-13-5-3-2-4-6-13/h5,7-8,11-12H,2-4,6,9-10H2,1H3,(H,20,21)/t12-/m1/s1. The van der Waals surface area contributed by atoms with Gasteiger partial charge in [-0.05, 0) is 51.2 Å². The molecule has 1 N–H and O–H groups in total. The van der Waals surface area contributed by atoms with Gasteiger partial charge in [-0.2, -0.15) is 0 Å². The number of carbonyl (C=O) groups excluding carboxylic acids is 1. The molecule has 22 heavy (non-hydrogen) atoms. The molecule has 0 aliphatic heterocycles. The van der Waals surface area contributed by atoms with Crippen LogP contribution in [0.1, 0.15) is 39.0 Å². The quantitative estimate of drug-likeness (QED) is 0.757. The molecule has 1 atom stereocenters. The molecular weight excluding hydrogens is 321 g/mol. The molecule has 1 aliphatic rings. The van der Waals surface area contributed by atoms with Gasteiger partial charge in [0.1, 0.15) is 5.75 Å². The lowest BCUT2D eigenvalue weighted by molar-refractivity contribution is -0.127. The summed E-state index contributed by atoms with van der Waals surface area (Å²) in [6.45, 7) is 2.34. The average Bonchev–Trinajstić information content (AvgIpc) is 2.52. The number of carbonyl (C=O) groups is 1. The third kappa shape index (κ3) is 5.22. The Kier molecular flexibility index (Phi) is 6.59. The zero-order valence-corrected chi connectivity index (χ0v) is 14.2. The van der Waals surface area contributed by atoms with Crippen LogP contribution in [-0.4, -0.2) is 18.6 Å². The second-order valence-electron chi connectivity index (χ2n) is 5.48. The van der Waals surface area contributed by atoms with Crippen molar-refractivity contribution in [1.82, 2.24) is 5.32 Å². The Balaban J connectivity index is 1.79. The first kappa shape index (κ1) is 17.2. The fraction of sp³-hybridized carbons (Fsp3) is 0.471. The van der Waals surface area contributed by atoms with Gasteiger partial charge in [0.15, 0.2) is 6.10 Å². The van der Waals surface area contributed by atoms with Crippen LogP contribution in [0.25, 0.3) is 0 Å². The summed E-state index contributed by atoms with van der Waals surface area (Å²) in [5.41, 5.74) is 1.44. The highest BCUT2D eigenvalue weighted by molar-refractivity contribution is 6.34. The Bertz CT molecular complexity index is 558. The molecule has 0 saturated heterocycles. The van der Waals surface area contributed by atoms with Gasteiger partial charge < -0.3 is 10.1 Å². The van der Waals surface area contributed by atoms with Crippen LogP contribution in [-0.2, 0) is 4.79 Å². The van der Waals surface area contributed by atoms with Crippen molar-refractivity contribution in [1.29, 1.82) is 0 Å². The number of ether oxygens (including phenoxy) is 1. The van der Waals surface area contributed by atoms with Crippen LogP contribution in [0.3, 0.4) is 0 Å². The summed E-state index contributed by atoms with van der Waals surface area (Å²) in [7, 11) is 0. The van der Waals surface area contributed by atoms with Crippen LogP contribution in [0.2, 0.25) is 10.0 Å². The zero-order chi connectivity index (χ0) is 15.9. The molecule has 0 fully saturated rings. The van der Waals surface area contributed by atoms with E-state index in [-0.39, 0.29) is 5.91 Å². The Hall–Kier alpha value is -1.19. The van der Waals surface area contributed by atoms with Crippen molar-refractivity contribution in [2.24, 2.45) is 0 Å². The lowest BCUT2D eigenvalue weighted by Gasteiger charge is -2.17. The Morgan fingerprint density at radius 1 is 1.36 bits per heavy atom.